The Morgan fingerprint density at radius 3 is 3.05 bits per heavy atom. The number of oxime groups is 1. The van der Waals surface area contributed by atoms with Gasteiger partial charge < -0.3 is 15.8 Å². The molecule has 2 aromatic heterocycles. The summed E-state index contributed by atoms with van der Waals surface area (Å²) in [5.41, 5.74) is 6.27. The van der Waals surface area contributed by atoms with Crippen LogP contribution in [0.3, 0.4) is 0 Å². The monoisotopic (exact) mass is 340 g/mol. The third kappa shape index (κ3) is 3.24. The van der Waals surface area contributed by atoms with Crippen molar-refractivity contribution in [1.82, 2.24) is 4.98 Å². The molecule has 7 heteroatoms. The topological polar surface area (TPSA) is 74.7 Å². The highest BCUT2D eigenvalue weighted by molar-refractivity contribution is 9.10. The summed E-state index contributed by atoms with van der Waals surface area (Å²) in [5, 5.41) is 13.9. The predicted octanol–water partition coefficient (Wildman–Crippen LogP) is 2.64. The SMILES string of the molecule is CN(Cc1cc(Br)cs1)c1ncccc1/C(N)=N/O. The van der Waals surface area contributed by atoms with Gasteiger partial charge >= 0.3 is 0 Å². The molecule has 19 heavy (non-hydrogen) atoms. The first-order chi connectivity index (χ1) is 9.11. The lowest BCUT2D eigenvalue weighted by Gasteiger charge is -2.19. The van der Waals surface area contributed by atoms with Crippen LogP contribution < -0.4 is 10.6 Å². The van der Waals surface area contributed by atoms with Gasteiger partial charge in [0.2, 0.25) is 0 Å². The lowest BCUT2D eigenvalue weighted by molar-refractivity contribution is 0.318. The first-order valence-electron chi connectivity index (χ1n) is 5.48. The first-order valence-corrected chi connectivity index (χ1v) is 7.16. The van der Waals surface area contributed by atoms with Crippen LogP contribution in [0.1, 0.15) is 10.4 Å². The Bertz CT molecular complexity index is 599. The molecule has 2 heterocycles. The highest BCUT2D eigenvalue weighted by Crippen LogP contribution is 2.23. The van der Waals surface area contributed by atoms with Crippen molar-refractivity contribution in [3.8, 4) is 0 Å². The molecule has 0 aromatic carbocycles. The number of nitrogens with two attached hydrogens (primary N) is 1. The summed E-state index contributed by atoms with van der Waals surface area (Å²) in [7, 11) is 1.92. The Hall–Kier alpha value is -1.60. The molecular formula is C12H13BrN4OS. The molecule has 2 aromatic rings. The summed E-state index contributed by atoms with van der Waals surface area (Å²) in [4.78, 5) is 7.46. The zero-order valence-corrected chi connectivity index (χ0v) is 12.6. The number of aromatic nitrogens is 1. The van der Waals surface area contributed by atoms with E-state index in [9.17, 15) is 0 Å². The molecule has 0 unspecified atom stereocenters. The van der Waals surface area contributed by atoms with Gasteiger partial charge in [0.05, 0.1) is 12.1 Å². The number of amidine groups is 1. The number of hydrogen-bond acceptors (Lipinski definition) is 5. The van der Waals surface area contributed by atoms with Crippen LogP contribution in [0.25, 0.3) is 0 Å². The van der Waals surface area contributed by atoms with Gasteiger partial charge in [0.1, 0.15) is 5.82 Å². The van der Waals surface area contributed by atoms with E-state index in [2.05, 4.69) is 32.1 Å². The molecule has 0 saturated heterocycles. The summed E-state index contributed by atoms with van der Waals surface area (Å²) < 4.78 is 1.07. The zero-order valence-electron chi connectivity index (χ0n) is 10.2. The average Bonchev–Trinajstić information content (AvgIpc) is 2.83. The standard InChI is InChI=1S/C12H13BrN4OS/c1-17(6-9-5-8(13)7-19-9)12-10(11(14)16-18)3-2-4-15-12/h2-5,7,18H,6H2,1H3,(H2,14,16). The van der Waals surface area contributed by atoms with E-state index >= 15 is 0 Å². The van der Waals surface area contributed by atoms with Crippen molar-refractivity contribution in [2.75, 3.05) is 11.9 Å². The Kier molecular flexibility index (Phi) is 4.39. The third-order valence-corrected chi connectivity index (χ3v) is 4.23. The van der Waals surface area contributed by atoms with Gasteiger partial charge in [-0.05, 0) is 34.1 Å². The maximum atomic E-state index is 8.80. The predicted molar refractivity (Wildman–Crippen MR) is 80.9 cm³/mol. The fourth-order valence-corrected chi connectivity index (χ4v) is 3.20. The summed E-state index contributed by atoms with van der Waals surface area (Å²) >= 11 is 5.10. The van der Waals surface area contributed by atoms with E-state index in [4.69, 9.17) is 10.9 Å². The molecule has 0 bridgehead atoms. The quantitative estimate of drug-likeness (QED) is 0.388. The minimum Gasteiger partial charge on any atom is -0.409 e. The van der Waals surface area contributed by atoms with Crippen molar-refractivity contribution < 1.29 is 5.21 Å². The molecule has 2 rings (SSSR count). The van der Waals surface area contributed by atoms with Gasteiger partial charge in [0.15, 0.2) is 5.84 Å². The van der Waals surface area contributed by atoms with E-state index in [0.717, 1.165) is 4.47 Å². The van der Waals surface area contributed by atoms with E-state index in [1.807, 2.05) is 17.3 Å². The molecule has 0 fully saturated rings. The first kappa shape index (κ1) is 13.8. The maximum Gasteiger partial charge on any atom is 0.173 e. The fourth-order valence-electron chi connectivity index (χ4n) is 1.70. The third-order valence-electron chi connectivity index (χ3n) is 2.55. The van der Waals surface area contributed by atoms with E-state index in [1.54, 1.807) is 29.7 Å². The highest BCUT2D eigenvalue weighted by atomic mass is 79.9. The maximum absolute atomic E-state index is 8.80. The Labute approximate surface area is 123 Å². The van der Waals surface area contributed by atoms with E-state index in [0.29, 0.717) is 17.9 Å². The number of rotatable bonds is 4. The largest absolute Gasteiger partial charge is 0.409 e. The number of anilines is 1. The minimum absolute atomic E-state index is 0.0577. The molecule has 0 saturated carbocycles. The molecule has 0 spiro atoms. The van der Waals surface area contributed by atoms with E-state index in [1.165, 1.54) is 4.88 Å². The van der Waals surface area contributed by atoms with Gasteiger partial charge in [0, 0.05) is 28.0 Å². The lowest BCUT2D eigenvalue weighted by Crippen LogP contribution is -2.23. The Morgan fingerprint density at radius 2 is 2.42 bits per heavy atom. The van der Waals surface area contributed by atoms with E-state index in [-0.39, 0.29) is 5.84 Å². The van der Waals surface area contributed by atoms with Gasteiger partial charge in [0.25, 0.3) is 0 Å². The van der Waals surface area contributed by atoms with Crippen LogP contribution in [-0.2, 0) is 6.54 Å². The van der Waals surface area contributed by atoms with Gasteiger partial charge in [-0.1, -0.05) is 5.16 Å². The van der Waals surface area contributed by atoms with Crippen molar-refractivity contribution in [1.29, 1.82) is 0 Å². The van der Waals surface area contributed by atoms with Crippen LogP contribution in [0.15, 0.2) is 39.4 Å². The van der Waals surface area contributed by atoms with Crippen LogP contribution in [-0.4, -0.2) is 23.1 Å². The van der Waals surface area contributed by atoms with Crippen molar-refractivity contribution in [2.24, 2.45) is 10.9 Å². The molecule has 0 aliphatic carbocycles. The summed E-state index contributed by atoms with van der Waals surface area (Å²) in [5.74, 6) is 0.740. The molecule has 0 amide bonds. The van der Waals surface area contributed by atoms with Gasteiger partial charge in [-0.25, -0.2) is 4.98 Å². The fraction of sp³-hybridized carbons (Fsp3) is 0.167. The van der Waals surface area contributed by atoms with Crippen molar-refractivity contribution in [3.05, 3.63) is 44.7 Å². The molecule has 5 nitrogen and oxygen atoms in total. The second-order valence-electron chi connectivity index (χ2n) is 3.95. The molecule has 0 aliphatic rings. The smallest absolute Gasteiger partial charge is 0.173 e. The van der Waals surface area contributed by atoms with Crippen molar-refractivity contribution >= 4 is 38.9 Å². The molecule has 0 aliphatic heterocycles. The molecule has 100 valence electrons. The van der Waals surface area contributed by atoms with Crippen LogP contribution >= 0.6 is 27.3 Å². The van der Waals surface area contributed by atoms with Gasteiger partial charge in [-0.15, -0.1) is 11.3 Å². The molecule has 0 radical (unpaired) electrons. The number of thiophene rings is 1. The van der Waals surface area contributed by atoms with Gasteiger partial charge in [-0.3, -0.25) is 0 Å². The Balaban J connectivity index is 2.26. The van der Waals surface area contributed by atoms with Crippen molar-refractivity contribution in [3.63, 3.8) is 0 Å². The average molecular weight is 341 g/mol. The van der Waals surface area contributed by atoms with Crippen molar-refractivity contribution in [2.45, 2.75) is 6.54 Å². The highest BCUT2D eigenvalue weighted by Gasteiger charge is 2.13. The van der Waals surface area contributed by atoms with Crippen LogP contribution in [0.5, 0.6) is 0 Å². The summed E-state index contributed by atoms with van der Waals surface area (Å²) in [6.45, 7) is 0.707. The normalized spacial score (nSPS) is 11.6. The van der Waals surface area contributed by atoms with Gasteiger partial charge in [-0.2, -0.15) is 0 Å². The second-order valence-corrected chi connectivity index (χ2v) is 5.86. The lowest BCUT2D eigenvalue weighted by atomic mass is 10.2. The number of nitrogens with zero attached hydrogens (tertiary/aromatic N) is 3. The van der Waals surface area contributed by atoms with Crippen LogP contribution in [0.4, 0.5) is 5.82 Å². The summed E-state index contributed by atoms with van der Waals surface area (Å²) in [6.07, 6.45) is 1.68. The minimum atomic E-state index is 0.0577. The number of halogens is 1. The summed E-state index contributed by atoms with van der Waals surface area (Å²) in [6, 6.07) is 5.60. The Morgan fingerprint density at radius 1 is 1.63 bits per heavy atom. The molecule has 3 N–H and O–H groups in total. The van der Waals surface area contributed by atoms with Crippen LogP contribution in [0, 0.1) is 0 Å². The number of pyridine rings is 1. The zero-order chi connectivity index (χ0) is 13.8. The second kappa shape index (κ2) is 6.03. The van der Waals surface area contributed by atoms with E-state index < -0.39 is 0 Å². The number of hydrogen-bond donors (Lipinski definition) is 2. The molecular weight excluding hydrogens is 328 g/mol. The van der Waals surface area contributed by atoms with Crippen LogP contribution in [0.2, 0.25) is 0 Å². The molecule has 0 atom stereocenters.